The van der Waals surface area contributed by atoms with E-state index in [1.54, 1.807) is 36.4 Å². The van der Waals surface area contributed by atoms with E-state index in [1.807, 2.05) is 30.3 Å². The van der Waals surface area contributed by atoms with Crippen molar-refractivity contribution in [1.29, 1.82) is 0 Å². The van der Waals surface area contributed by atoms with Crippen LogP contribution >= 0.6 is 0 Å². The summed E-state index contributed by atoms with van der Waals surface area (Å²) in [5, 5.41) is 10.2. The average Bonchev–Trinajstić information content (AvgIpc) is 2.69. The topological polar surface area (TPSA) is 92.7 Å². The van der Waals surface area contributed by atoms with Gasteiger partial charge in [0, 0.05) is 11.9 Å². The van der Waals surface area contributed by atoms with Crippen LogP contribution in [0.25, 0.3) is 10.8 Å². The maximum Gasteiger partial charge on any atom is 0.341 e. The number of sulfonamides is 1. The van der Waals surface area contributed by atoms with Crippen LogP contribution in [0.4, 0.5) is 0 Å². The van der Waals surface area contributed by atoms with E-state index < -0.39 is 22.6 Å². The number of carbonyl (C=O) groups is 1. The third-order valence-electron chi connectivity index (χ3n) is 4.23. The second kappa shape index (κ2) is 8.86. The van der Waals surface area contributed by atoms with Crippen molar-refractivity contribution in [3.63, 3.8) is 0 Å². The van der Waals surface area contributed by atoms with Gasteiger partial charge in [-0.2, -0.15) is 0 Å². The van der Waals surface area contributed by atoms with Crippen molar-refractivity contribution in [2.45, 2.75) is 17.7 Å². The minimum absolute atomic E-state index is 0.273. The average molecular weight is 399 g/mol. The van der Waals surface area contributed by atoms with Crippen molar-refractivity contribution in [3.8, 4) is 5.75 Å². The smallest absolute Gasteiger partial charge is 0.341 e. The Labute approximate surface area is 163 Å². The second-order valence-electron chi connectivity index (χ2n) is 6.31. The monoisotopic (exact) mass is 399 g/mol. The second-order valence-corrected chi connectivity index (χ2v) is 8.04. The number of rotatable bonds is 9. The van der Waals surface area contributed by atoms with Gasteiger partial charge in [0.15, 0.2) is 6.61 Å². The number of benzene rings is 3. The van der Waals surface area contributed by atoms with Gasteiger partial charge in [-0.3, -0.25) is 0 Å². The van der Waals surface area contributed by atoms with Crippen LogP contribution in [0.3, 0.4) is 0 Å². The summed E-state index contributed by atoms with van der Waals surface area (Å²) in [5.74, 6) is -0.551. The molecule has 146 valence electrons. The van der Waals surface area contributed by atoms with E-state index >= 15 is 0 Å². The number of nitrogens with one attached hydrogen (secondary N) is 1. The minimum Gasteiger partial charge on any atom is -0.482 e. The first-order valence-corrected chi connectivity index (χ1v) is 10.3. The molecule has 0 amide bonds. The predicted octanol–water partition coefficient (Wildman–Crippen LogP) is 3.21. The van der Waals surface area contributed by atoms with Gasteiger partial charge >= 0.3 is 5.97 Å². The third-order valence-corrected chi connectivity index (χ3v) is 5.75. The molecule has 0 spiro atoms. The molecule has 0 aromatic heterocycles. The largest absolute Gasteiger partial charge is 0.482 e. The SMILES string of the molecule is O=C(O)COc1cccc(CCCNS(=O)(=O)c2cccc3ccccc23)c1. The zero-order chi connectivity index (χ0) is 20.0. The lowest BCUT2D eigenvalue weighted by Crippen LogP contribution is -2.25. The molecule has 0 saturated carbocycles. The first kappa shape index (κ1) is 19.9. The number of aliphatic carboxylic acids is 1. The molecule has 3 rings (SSSR count). The fourth-order valence-corrected chi connectivity index (χ4v) is 4.24. The van der Waals surface area contributed by atoms with E-state index in [0.717, 1.165) is 10.9 Å². The lowest BCUT2D eigenvalue weighted by Gasteiger charge is -2.10. The summed E-state index contributed by atoms with van der Waals surface area (Å²) in [6.07, 6.45) is 1.24. The summed E-state index contributed by atoms with van der Waals surface area (Å²) in [7, 11) is -3.61. The number of fused-ring (bicyclic) bond motifs is 1. The molecule has 3 aromatic carbocycles. The Morgan fingerprint density at radius 1 is 1.00 bits per heavy atom. The highest BCUT2D eigenvalue weighted by atomic mass is 32.2. The molecule has 0 fully saturated rings. The summed E-state index contributed by atoms with van der Waals surface area (Å²) >= 11 is 0. The van der Waals surface area contributed by atoms with Crippen LogP contribution in [0.2, 0.25) is 0 Å². The van der Waals surface area contributed by atoms with E-state index in [1.165, 1.54) is 0 Å². The molecule has 28 heavy (non-hydrogen) atoms. The van der Waals surface area contributed by atoms with E-state index in [-0.39, 0.29) is 4.90 Å². The van der Waals surface area contributed by atoms with Gasteiger partial charge in [-0.1, -0.05) is 48.5 Å². The van der Waals surface area contributed by atoms with Crippen LogP contribution in [0.15, 0.2) is 71.6 Å². The molecule has 0 bridgehead atoms. The fourth-order valence-electron chi connectivity index (χ4n) is 2.94. The van der Waals surface area contributed by atoms with Crippen LogP contribution in [-0.2, 0) is 21.2 Å². The summed E-state index contributed by atoms with van der Waals surface area (Å²) in [5.41, 5.74) is 0.951. The van der Waals surface area contributed by atoms with Crippen molar-refractivity contribution in [3.05, 3.63) is 72.3 Å². The predicted molar refractivity (Wildman–Crippen MR) is 107 cm³/mol. The first-order valence-electron chi connectivity index (χ1n) is 8.87. The van der Waals surface area contributed by atoms with Gasteiger partial charge in [0.1, 0.15) is 5.75 Å². The number of aryl methyl sites for hydroxylation is 1. The maximum atomic E-state index is 12.7. The molecule has 0 saturated heterocycles. The molecular formula is C21H21NO5S. The number of carboxylic acid groups (broad SMARTS) is 1. The molecular weight excluding hydrogens is 378 g/mol. The van der Waals surface area contributed by atoms with Gasteiger partial charge < -0.3 is 9.84 Å². The Hall–Kier alpha value is -2.90. The van der Waals surface area contributed by atoms with Crippen LogP contribution in [0.5, 0.6) is 5.75 Å². The first-order chi connectivity index (χ1) is 13.5. The normalized spacial score (nSPS) is 11.4. The molecule has 0 aliphatic heterocycles. The van der Waals surface area contributed by atoms with Crippen molar-refractivity contribution >= 4 is 26.8 Å². The van der Waals surface area contributed by atoms with E-state index in [2.05, 4.69) is 4.72 Å². The zero-order valence-corrected chi connectivity index (χ0v) is 16.0. The quantitative estimate of drug-likeness (QED) is 0.539. The lowest BCUT2D eigenvalue weighted by atomic mass is 10.1. The zero-order valence-electron chi connectivity index (χ0n) is 15.2. The Balaban J connectivity index is 1.59. The third kappa shape index (κ3) is 5.09. The molecule has 0 unspecified atom stereocenters. The molecule has 2 N–H and O–H groups in total. The molecule has 0 heterocycles. The summed E-state index contributed by atoms with van der Waals surface area (Å²) in [6.45, 7) is -0.0972. The van der Waals surface area contributed by atoms with E-state index in [4.69, 9.17) is 9.84 Å². The lowest BCUT2D eigenvalue weighted by molar-refractivity contribution is -0.139. The molecule has 3 aromatic rings. The van der Waals surface area contributed by atoms with Gasteiger partial charge in [-0.05, 0) is 42.0 Å². The number of hydrogen-bond donors (Lipinski definition) is 2. The maximum absolute atomic E-state index is 12.7. The van der Waals surface area contributed by atoms with Crippen LogP contribution in [0.1, 0.15) is 12.0 Å². The number of ether oxygens (including phenoxy) is 1. The standard InChI is InChI=1S/C21H21NO5S/c23-21(24)15-27-18-10-3-6-16(14-18)7-5-13-22-28(25,26)20-12-4-9-17-8-1-2-11-19(17)20/h1-4,6,8-12,14,22H,5,7,13,15H2,(H,23,24). The van der Waals surface area contributed by atoms with Crippen LogP contribution < -0.4 is 9.46 Å². The summed E-state index contributed by atoms with van der Waals surface area (Å²) in [4.78, 5) is 10.8. The van der Waals surface area contributed by atoms with Gasteiger partial charge in [-0.15, -0.1) is 0 Å². The molecule has 0 aliphatic rings. The van der Waals surface area contributed by atoms with Gasteiger partial charge in [-0.25, -0.2) is 17.9 Å². The van der Waals surface area contributed by atoms with Crippen LogP contribution in [0, 0.1) is 0 Å². The molecule has 0 atom stereocenters. The Bertz CT molecular complexity index is 1070. The van der Waals surface area contributed by atoms with Crippen molar-refractivity contribution in [2.75, 3.05) is 13.2 Å². The fraction of sp³-hybridized carbons (Fsp3) is 0.190. The Morgan fingerprint density at radius 3 is 2.57 bits per heavy atom. The highest BCUT2D eigenvalue weighted by molar-refractivity contribution is 7.89. The van der Waals surface area contributed by atoms with Crippen molar-refractivity contribution in [2.24, 2.45) is 0 Å². The van der Waals surface area contributed by atoms with Gasteiger partial charge in [0.25, 0.3) is 0 Å². The van der Waals surface area contributed by atoms with Crippen LogP contribution in [-0.4, -0.2) is 32.6 Å². The highest BCUT2D eigenvalue weighted by Gasteiger charge is 2.16. The Kier molecular flexibility index (Phi) is 6.28. The summed E-state index contributed by atoms with van der Waals surface area (Å²) in [6, 6.07) is 19.7. The summed E-state index contributed by atoms with van der Waals surface area (Å²) < 4.78 is 33.2. The Morgan fingerprint density at radius 2 is 1.75 bits per heavy atom. The number of carboxylic acids is 1. The molecule has 7 heteroatoms. The number of hydrogen-bond acceptors (Lipinski definition) is 4. The van der Waals surface area contributed by atoms with E-state index in [0.29, 0.717) is 30.5 Å². The van der Waals surface area contributed by atoms with Gasteiger partial charge in [0.05, 0.1) is 4.90 Å². The van der Waals surface area contributed by atoms with Crippen molar-refractivity contribution in [1.82, 2.24) is 4.72 Å². The van der Waals surface area contributed by atoms with Gasteiger partial charge in [0.2, 0.25) is 10.0 Å². The molecule has 6 nitrogen and oxygen atoms in total. The highest BCUT2D eigenvalue weighted by Crippen LogP contribution is 2.22. The molecule has 0 radical (unpaired) electrons. The van der Waals surface area contributed by atoms with Crippen molar-refractivity contribution < 1.29 is 23.1 Å². The molecule has 0 aliphatic carbocycles. The minimum atomic E-state index is -3.61. The van der Waals surface area contributed by atoms with E-state index in [9.17, 15) is 13.2 Å².